The van der Waals surface area contributed by atoms with E-state index in [1.165, 1.54) is 4.90 Å². The van der Waals surface area contributed by atoms with Crippen molar-refractivity contribution in [1.82, 2.24) is 9.80 Å². The van der Waals surface area contributed by atoms with Gasteiger partial charge in [0.25, 0.3) is 0 Å². The second kappa shape index (κ2) is 13.7. The van der Waals surface area contributed by atoms with Crippen molar-refractivity contribution in [2.45, 2.75) is 26.4 Å². The fourth-order valence-electron chi connectivity index (χ4n) is 4.04. The maximum Gasteiger partial charge on any atom is 0.322 e. The summed E-state index contributed by atoms with van der Waals surface area (Å²) in [6.45, 7) is 4.11. The Bertz CT molecular complexity index is 1200. The van der Waals surface area contributed by atoms with Gasteiger partial charge in [-0.2, -0.15) is 0 Å². The van der Waals surface area contributed by atoms with Crippen molar-refractivity contribution in [2.24, 2.45) is 0 Å². The van der Waals surface area contributed by atoms with Crippen LogP contribution in [0.15, 0.2) is 60.0 Å². The minimum absolute atomic E-state index is 0.0811. The molecule has 2 heterocycles. The van der Waals surface area contributed by atoms with E-state index in [4.69, 9.17) is 18.9 Å². The molecule has 4 rings (SSSR count). The van der Waals surface area contributed by atoms with Crippen LogP contribution < -0.4 is 19.5 Å². The summed E-state index contributed by atoms with van der Waals surface area (Å²) >= 11 is 1.59. The normalized spacial score (nSPS) is 11.7. The van der Waals surface area contributed by atoms with Gasteiger partial charge in [0.05, 0.1) is 18.8 Å². The lowest BCUT2D eigenvalue weighted by Crippen LogP contribution is -2.44. The zero-order valence-corrected chi connectivity index (χ0v) is 22.5. The first-order valence-corrected chi connectivity index (χ1v) is 13.4. The molecule has 0 radical (unpaired) electrons. The largest absolute Gasteiger partial charge is 0.492 e. The molecule has 0 aliphatic carbocycles. The van der Waals surface area contributed by atoms with Crippen LogP contribution in [0.3, 0.4) is 0 Å². The van der Waals surface area contributed by atoms with Crippen LogP contribution in [0.5, 0.6) is 17.2 Å². The molecule has 2 aromatic carbocycles. The summed E-state index contributed by atoms with van der Waals surface area (Å²) in [6.07, 6.45) is 0.595. The third-order valence-corrected chi connectivity index (χ3v) is 6.77. The Morgan fingerprint density at radius 2 is 1.87 bits per heavy atom. The maximum atomic E-state index is 13.7. The van der Waals surface area contributed by atoms with Crippen molar-refractivity contribution in [1.29, 1.82) is 0 Å². The number of hydrogen-bond donors (Lipinski definition) is 1. The predicted octanol–water partition coefficient (Wildman–Crippen LogP) is 4.97. The van der Waals surface area contributed by atoms with Gasteiger partial charge < -0.3 is 34.1 Å². The van der Waals surface area contributed by atoms with Crippen LogP contribution in [-0.4, -0.2) is 61.9 Å². The third kappa shape index (κ3) is 7.39. The summed E-state index contributed by atoms with van der Waals surface area (Å²) in [6, 6.07) is 16.5. The van der Waals surface area contributed by atoms with Crippen molar-refractivity contribution >= 4 is 29.0 Å². The first-order chi connectivity index (χ1) is 18.6. The molecule has 38 heavy (non-hydrogen) atoms. The number of hydrogen-bond acceptors (Lipinski definition) is 7. The van der Waals surface area contributed by atoms with Crippen molar-refractivity contribution < 1.29 is 28.5 Å². The van der Waals surface area contributed by atoms with Gasteiger partial charge in [-0.3, -0.25) is 4.79 Å². The Morgan fingerprint density at radius 1 is 1.03 bits per heavy atom. The Kier molecular flexibility index (Phi) is 9.83. The topological polar surface area (TPSA) is 89.6 Å². The lowest BCUT2D eigenvalue weighted by molar-refractivity contribution is -0.133. The highest BCUT2D eigenvalue weighted by atomic mass is 32.1. The molecule has 0 atom stereocenters. The maximum absolute atomic E-state index is 13.7. The van der Waals surface area contributed by atoms with Gasteiger partial charge in [0, 0.05) is 31.7 Å². The van der Waals surface area contributed by atoms with Gasteiger partial charge in [0.1, 0.15) is 12.3 Å². The molecule has 3 amide bonds. The van der Waals surface area contributed by atoms with Gasteiger partial charge >= 0.3 is 6.03 Å². The highest BCUT2D eigenvalue weighted by Crippen LogP contribution is 2.33. The molecule has 9 nitrogen and oxygen atoms in total. The average Bonchev–Trinajstić information content (AvgIpc) is 3.61. The number of carbonyl (C=O) groups excluding carboxylic acids is 2. The highest BCUT2D eigenvalue weighted by molar-refractivity contribution is 7.09. The number of nitrogens with one attached hydrogen (secondary N) is 1. The van der Waals surface area contributed by atoms with E-state index in [1.807, 2.05) is 54.8 Å². The lowest BCUT2D eigenvalue weighted by atomic mass is 10.2. The molecule has 0 bridgehead atoms. The van der Waals surface area contributed by atoms with Crippen LogP contribution in [0.2, 0.25) is 0 Å². The summed E-state index contributed by atoms with van der Waals surface area (Å²) in [7, 11) is 1.61. The smallest absolute Gasteiger partial charge is 0.322 e. The van der Waals surface area contributed by atoms with E-state index in [9.17, 15) is 9.59 Å². The van der Waals surface area contributed by atoms with Crippen LogP contribution in [0.4, 0.5) is 10.5 Å². The summed E-state index contributed by atoms with van der Waals surface area (Å²) < 4.78 is 21.8. The fraction of sp³-hybridized carbons (Fsp3) is 0.357. The second-order valence-corrected chi connectivity index (χ2v) is 9.68. The number of nitrogens with zero attached hydrogens (tertiary/aromatic N) is 2. The Labute approximate surface area is 226 Å². The number of ether oxygens (including phenoxy) is 4. The summed E-state index contributed by atoms with van der Waals surface area (Å²) in [4.78, 5) is 31.4. The van der Waals surface area contributed by atoms with Gasteiger partial charge in [0.15, 0.2) is 11.5 Å². The molecule has 3 aromatic rings. The van der Waals surface area contributed by atoms with E-state index in [-0.39, 0.29) is 25.3 Å². The zero-order valence-electron chi connectivity index (χ0n) is 21.7. The molecule has 0 fully saturated rings. The molecule has 0 saturated heterocycles. The van der Waals surface area contributed by atoms with Crippen LogP contribution in [0, 0.1) is 0 Å². The summed E-state index contributed by atoms with van der Waals surface area (Å²) in [5.41, 5.74) is 1.47. The first-order valence-electron chi connectivity index (χ1n) is 12.5. The van der Waals surface area contributed by atoms with Crippen molar-refractivity contribution in [3.63, 3.8) is 0 Å². The van der Waals surface area contributed by atoms with E-state index in [0.717, 1.165) is 10.4 Å². The molecule has 202 valence electrons. The standard InChI is InChI=1S/C28H33N3O6S/c1-3-35-24-10-5-4-9-23(24)29-28(33)30(13-7-14-34-2)19-27(32)31(18-22-8-6-15-38-22)17-21-11-12-25-26(16-21)37-20-36-25/h4-6,8-12,15-16H,3,7,13-14,17-20H2,1-2H3,(H,29,33). The number of para-hydroxylation sites is 2. The second-order valence-electron chi connectivity index (χ2n) is 8.64. The fourth-order valence-corrected chi connectivity index (χ4v) is 4.76. The van der Waals surface area contributed by atoms with Gasteiger partial charge in [-0.05, 0) is 54.6 Å². The SMILES string of the molecule is CCOc1ccccc1NC(=O)N(CCCOC)CC(=O)N(Cc1ccc2c(c1)OCO2)Cc1cccs1. The number of anilines is 1. The Hall–Kier alpha value is -3.76. The number of amides is 3. The van der Waals surface area contributed by atoms with E-state index in [1.54, 1.807) is 35.5 Å². The highest BCUT2D eigenvalue weighted by Gasteiger charge is 2.24. The number of rotatable bonds is 13. The van der Waals surface area contributed by atoms with Gasteiger partial charge in [-0.25, -0.2) is 4.79 Å². The van der Waals surface area contributed by atoms with E-state index in [0.29, 0.717) is 62.2 Å². The molecular formula is C28H33N3O6S. The number of urea groups is 1. The van der Waals surface area contributed by atoms with Gasteiger partial charge in [-0.1, -0.05) is 24.3 Å². The number of benzene rings is 2. The van der Waals surface area contributed by atoms with Gasteiger partial charge in [-0.15, -0.1) is 11.3 Å². The number of methoxy groups -OCH3 is 1. The zero-order chi connectivity index (χ0) is 26.7. The minimum Gasteiger partial charge on any atom is -0.492 e. The molecule has 0 spiro atoms. The van der Waals surface area contributed by atoms with Crippen molar-refractivity contribution in [3.8, 4) is 17.2 Å². The van der Waals surface area contributed by atoms with E-state index >= 15 is 0 Å². The quantitative estimate of drug-likeness (QED) is 0.309. The number of thiophene rings is 1. The number of carbonyl (C=O) groups is 2. The number of fused-ring (bicyclic) bond motifs is 1. The monoisotopic (exact) mass is 539 g/mol. The predicted molar refractivity (Wildman–Crippen MR) is 146 cm³/mol. The summed E-state index contributed by atoms with van der Waals surface area (Å²) in [5.74, 6) is 1.77. The molecule has 10 heteroatoms. The Balaban J connectivity index is 1.50. The van der Waals surface area contributed by atoms with Crippen LogP contribution in [0.1, 0.15) is 23.8 Å². The lowest BCUT2D eigenvalue weighted by Gasteiger charge is -2.28. The Morgan fingerprint density at radius 3 is 2.66 bits per heavy atom. The summed E-state index contributed by atoms with van der Waals surface area (Å²) in [5, 5.41) is 4.90. The first kappa shape index (κ1) is 27.3. The van der Waals surface area contributed by atoms with E-state index < -0.39 is 0 Å². The molecule has 1 aliphatic rings. The van der Waals surface area contributed by atoms with Crippen LogP contribution >= 0.6 is 11.3 Å². The molecule has 1 N–H and O–H groups in total. The van der Waals surface area contributed by atoms with Crippen LogP contribution in [0.25, 0.3) is 0 Å². The third-order valence-electron chi connectivity index (χ3n) is 5.91. The van der Waals surface area contributed by atoms with Crippen molar-refractivity contribution in [3.05, 3.63) is 70.4 Å². The molecule has 1 aromatic heterocycles. The van der Waals surface area contributed by atoms with Gasteiger partial charge in [0.2, 0.25) is 12.7 Å². The van der Waals surface area contributed by atoms with Crippen molar-refractivity contribution in [2.75, 3.05) is 45.5 Å². The minimum atomic E-state index is -0.374. The average molecular weight is 540 g/mol. The van der Waals surface area contributed by atoms with Crippen LogP contribution in [-0.2, 0) is 22.6 Å². The molecular weight excluding hydrogens is 506 g/mol. The molecule has 0 saturated carbocycles. The molecule has 0 unspecified atom stereocenters. The molecule has 1 aliphatic heterocycles. The van der Waals surface area contributed by atoms with E-state index in [2.05, 4.69) is 5.32 Å².